The Morgan fingerprint density at radius 2 is 1.80 bits per heavy atom. The molecule has 0 unspecified atom stereocenters. The minimum absolute atomic E-state index is 0.0786. The van der Waals surface area contributed by atoms with E-state index in [-0.39, 0.29) is 11.4 Å². The van der Waals surface area contributed by atoms with Crippen LogP contribution in [0.25, 0.3) is 11.0 Å². The van der Waals surface area contributed by atoms with Gasteiger partial charge in [0.05, 0.1) is 29.3 Å². The zero-order valence-electron chi connectivity index (χ0n) is 21.2. The maximum Gasteiger partial charge on any atom is 0.312 e. The summed E-state index contributed by atoms with van der Waals surface area (Å²) in [6.45, 7) is 0. The van der Waals surface area contributed by atoms with Gasteiger partial charge in [-0.3, -0.25) is 14.9 Å². The van der Waals surface area contributed by atoms with Crippen molar-refractivity contribution in [3.63, 3.8) is 0 Å². The first-order valence-corrected chi connectivity index (χ1v) is 13.1. The minimum atomic E-state index is -0.539. The molecule has 4 aromatic carbocycles. The van der Waals surface area contributed by atoms with Crippen molar-refractivity contribution < 1.29 is 19.2 Å². The molecular formula is C29H23N5O5S. The van der Waals surface area contributed by atoms with E-state index in [4.69, 9.17) is 9.47 Å². The number of nitro groups is 1. The second kappa shape index (κ2) is 12.1. The molecule has 0 aliphatic carbocycles. The summed E-state index contributed by atoms with van der Waals surface area (Å²) >= 11 is 1.58. The molecule has 0 saturated carbocycles. The molecule has 11 heteroatoms. The Labute approximate surface area is 233 Å². The molecule has 1 amide bonds. The smallest absolute Gasteiger partial charge is 0.312 e. The van der Waals surface area contributed by atoms with Gasteiger partial charge in [-0.25, -0.2) is 10.4 Å². The summed E-state index contributed by atoms with van der Waals surface area (Å²) in [6.07, 6.45) is 1.33. The highest BCUT2D eigenvalue weighted by Crippen LogP contribution is 2.32. The van der Waals surface area contributed by atoms with Crippen molar-refractivity contribution in [3.05, 3.63) is 118 Å². The lowest BCUT2D eigenvalue weighted by molar-refractivity contribution is -0.385. The van der Waals surface area contributed by atoms with Crippen LogP contribution in [0.4, 0.5) is 5.69 Å². The van der Waals surface area contributed by atoms with Crippen LogP contribution in [-0.2, 0) is 5.75 Å². The highest BCUT2D eigenvalue weighted by Gasteiger charge is 2.17. The molecule has 0 aliphatic heterocycles. The number of rotatable bonds is 10. The van der Waals surface area contributed by atoms with Gasteiger partial charge < -0.3 is 14.5 Å². The van der Waals surface area contributed by atoms with Gasteiger partial charge in [0.15, 0.2) is 5.16 Å². The Hall–Kier alpha value is -5.16. The van der Waals surface area contributed by atoms with E-state index in [1.165, 1.54) is 18.3 Å². The number of aromatic amines is 1. The Bertz CT molecular complexity index is 1650. The molecule has 0 saturated heterocycles. The number of aromatic nitrogens is 2. The average Bonchev–Trinajstić information content (AvgIpc) is 3.40. The number of nitrogens with one attached hydrogen (secondary N) is 2. The van der Waals surface area contributed by atoms with Crippen LogP contribution in [-0.4, -0.2) is 34.1 Å². The lowest BCUT2D eigenvalue weighted by Crippen LogP contribution is -2.17. The summed E-state index contributed by atoms with van der Waals surface area (Å²) in [5.74, 6) is 1.44. The molecule has 0 radical (unpaired) electrons. The summed E-state index contributed by atoms with van der Waals surface area (Å²) in [6, 6.07) is 26.1. The number of nitrogens with zero attached hydrogens (tertiary/aromatic N) is 3. The summed E-state index contributed by atoms with van der Waals surface area (Å²) in [4.78, 5) is 31.4. The third-order valence-corrected chi connectivity index (χ3v) is 6.75. The minimum Gasteiger partial charge on any atom is -0.497 e. The molecule has 0 atom stereocenters. The van der Waals surface area contributed by atoms with E-state index in [2.05, 4.69) is 20.5 Å². The number of fused-ring (bicyclic) bond motifs is 1. The Morgan fingerprint density at radius 3 is 2.52 bits per heavy atom. The van der Waals surface area contributed by atoms with Crippen molar-refractivity contribution >= 4 is 40.6 Å². The van der Waals surface area contributed by atoms with Gasteiger partial charge in [0.2, 0.25) is 5.75 Å². The van der Waals surface area contributed by atoms with Crippen molar-refractivity contribution in [3.8, 4) is 17.2 Å². The lowest BCUT2D eigenvalue weighted by atomic mass is 10.1. The average molecular weight is 554 g/mol. The first-order valence-electron chi connectivity index (χ1n) is 12.1. The molecule has 40 heavy (non-hydrogen) atoms. The number of nitro benzene ring substituents is 1. The Balaban J connectivity index is 1.17. The second-order valence-electron chi connectivity index (χ2n) is 8.51. The maximum absolute atomic E-state index is 12.5. The number of thioether (sulfide) groups is 1. The molecule has 0 aliphatic rings. The lowest BCUT2D eigenvalue weighted by Gasteiger charge is -2.07. The third-order valence-electron chi connectivity index (χ3n) is 5.81. The van der Waals surface area contributed by atoms with E-state index in [0.717, 1.165) is 21.8 Å². The molecule has 0 fully saturated rings. The van der Waals surface area contributed by atoms with E-state index >= 15 is 0 Å². The van der Waals surface area contributed by atoms with Gasteiger partial charge in [0.25, 0.3) is 5.91 Å². The quantitative estimate of drug-likeness (QED) is 0.0894. The van der Waals surface area contributed by atoms with Crippen molar-refractivity contribution in [2.75, 3.05) is 7.11 Å². The van der Waals surface area contributed by atoms with E-state index in [0.29, 0.717) is 28.4 Å². The maximum atomic E-state index is 12.5. The third kappa shape index (κ3) is 6.45. The van der Waals surface area contributed by atoms with Crippen LogP contribution in [0.15, 0.2) is 101 Å². The van der Waals surface area contributed by atoms with Crippen LogP contribution in [0.3, 0.4) is 0 Å². The molecule has 1 heterocycles. The summed E-state index contributed by atoms with van der Waals surface area (Å²) in [5, 5.41) is 16.4. The number of hydrogen-bond donors (Lipinski definition) is 2. The van der Waals surface area contributed by atoms with E-state index < -0.39 is 10.8 Å². The fourth-order valence-corrected chi connectivity index (χ4v) is 4.59. The largest absolute Gasteiger partial charge is 0.497 e. The number of para-hydroxylation sites is 2. The fraction of sp³-hybridized carbons (Fsp3) is 0.0690. The second-order valence-corrected chi connectivity index (χ2v) is 9.47. The predicted octanol–water partition coefficient (Wildman–Crippen LogP) is 6.33. The number of methoxy groups -OCH3 is 1. The molecule has 0 bridgehead atoms. The van der Waals surface area contributed by atoms with Crippen LogP contribution in [0.2, 0.25) is 0 Å². The van der Waals surface area contributed by atoms with Crippen LogP contribution in [0.1, 0.15) is 21.5 Å². The van der Waals surface area contributed by atoms with Gasteiger partial charge in [0, 0.05) is 22.9 Å². The molecule has 200 valence electrons. The molecule has 5 rings (SSSR count). The summed E-state index contributed by atoms with van der Waals surface area (Å²) in [5.41, 5.74) is 6.02. The predicted molar refractivity (Wildman–Crippen MR) is 153 cm³/mol. The van der Waals surface area contributed by atoms with Crippen molar-refractivity contribution in [2.45, 2.75) is 10.9 Å². The number of carbonyl (C=O) groups excluding carboxylic acids is 1. The number of H-pyrrole nitrogens is 1. The van der Waals surface area contributed by atoms with Crippen LogP contribution >= 0.6 is 11.8 Å². The molecule has 5 aromatic rings. The van der Waals surface area contributed by atoms with E-state index in [1.54, 1.807) is 61.3 Å². The normalized spacial score (nSPS) is 11.0. The monoisotopic (exact) mass is 553 g/mol. The molecule has 0 spiro atoms. The molecule has 10 nitrogen and oxygen atoms in total. The first-order chi connectivity index (χ1) is 19.5. The highest BCUT2D eigenvalue weighted by molar-refractivity contribution is 7.98. The van der Waals surface area contributed by atoms with Crippen molar-refractivity contribution in [1.82, 2.24) is 15.4 Å². The standard InChI is InChI=1S/C29H23N5O5S/c1-38-22-11-13-23(14-12-22)39-27-15-8-20(16-26(27)34(36)37)17-30-33-28(35)21-9-6-19(7-10-21)18-40-29-31-24-4-2-3-5-25(24)32-29/h2-17H,18H2,1H3,(H,31,32)(H,33,35)/b30-17-. The van der Waals surface area contributed by atoms with Crippen LogP contribution in [0.5, 0.6) is 17.2 Å². The van der Waals surface area contributed by atoms with Gasteiger partial charge in [-0.1, -0.05) is 36.0 Å². The Morgan fingerprint density at radius 1 is 1.05 bits per heavy atom. The number of hydrogen-bond acceptors (Lipinski definition) is 8. The number of carbonyl (C=O) groups is 1. The zero-order chi connectivity index (χ0) is 27.9. The van der Waals surface area contributed by atoms with Crippen LogP contribution < -0.4 is 14.9 Å². The van der Waals surface area contributed by atoms with Crippen molar-refractivity contribution in [1.29, 1.82) is 0 Å². The van der Waals surface area contributed by atoms with Gasteiger partial charge in [-0.2, -0.15) is 5.10 Å². The number of amides is 1. The number of ether oxygens (including phenoxy) is 2. The van der Waals surface area contributed by atoms with Crippen LogP contribution in [0, 0.1) is 10.1 Å². The van der Waals surface area contributed by atoms with Crippen molar-refractivity contribution in [2.24, 2.45) is 5.10 Å². The highest BCUT2D eigenvalue weighted by atomic mass is 32.2. The van der Waals surface area contributed by atoms with Gasteiger partial charge >= 0.3 is 5.69 Å². The Kier molecular flexibility index (Phi) is 8.02. The van der Waals surface area contributed by atoms with Gasteiger partial charge in [-0.05, 0) is 66.2 Å². The first kappa shape index (κ1) is 26.4. The zero-order valence-corrected chi connectivity index (χ0v) is 22.1. The summed E-state index contributed by atoms with van der Waals surface area (Å²) in [7, 11) is 1.55. The van der Waals surface area contributed by atoms with Gasteiger partial charge in [0.1, 0.15) is 11.5 Å². The van der Waals surface area contributed by atoms with Gasteiger partial charge in [-0.15, -0.1) is 0 Å². The van der Waals surface area contributed by atoms with E-state index in [9.17, 15) is 14.9 Å². The number of hydrazone groups is 1. The van der Waals surface area contributed by atoms with E-state index in [1.807, 2.05) is 36.4 Å². The fourth-order valence-electron chi connectivity index (χ4n) is 3.75. The number of benzene rings is 4. The SMILES string of the molecule is COc1ccc(Oc2ccc(/C=N\NC(=O)c3ccc(CSc4nc5ccccc5[nH]4)cc3)cc2[N+](=O)[O-])cc1. The molecule has 2 N–H and O–H groups in total. The molecular weight excluding hydrogens is 530 g/mol. The summed E-state index contributed by atoms with van der Waals surface area (Å²) < 4.78 is 10.8. The molecule has 1 aromatic heterocycles. The topological polar surface area (TPSA) is 132 Å². The number of imidazole rings is 1.